The van der Waals surface area contributed by atoms with Crippen molar-refractivity contribution < 1.29 is 23.7 Å². The van der Waals surface area contributed by atoms with Gasteiger partial charge in [-0.2, -0.15) is 0 Å². The minimum atomic E-state index is 0.00588. The molecular weight excluding hydrogens is 334 g/mol. The van der Waals surface area contributed by atoms with Crippen LogP contribution in [0.3, 0.4) is 0 Å². The minimum absolute atomic E-state index is 0.00588. The van der Waals surface area contributed by atoms with E-state index in [-0.39, 0.29) is 18.7 Å². The van der Waals surface area contributed by atoms with Gasteiger partial charge in [0, 0.05) is 12.1 Å². The standard InChI is InChI=1S/C20H19NO5/c1-23-16-7-12-5-15-13-8-19-18(25-10-26-19)6-11(13)3-4-21(15)20(22)14(12)9-17(16)24-2/h6-9,15H,3-5,10H2,1-2H3/t15-/m0/s1. The predicted octanol–water partition coefficient (Wildman–Crippen LogP) is 2.73. The van der Waals surface area contributed by atoms with Crippen molar-refractivity contribution in [2.24, 2.45) is 0 Å². The smallest absolute Gasteiger partial charge is 0.254 e. The van der Waals surface area contributed by atoms with Crippen LogP contribution in [0.15, 0.2) is 24.3 Å². The number of nitrogens with zero attached hydrogens (tertiary/aromatic N) is 1. The maximum atomic E-state index is 13.1. The monoisotopic (exact) mass is 353 g/mol. The van der Waals surface area contributed by atoms with Crippen LogP contribution in [0.4, 0.5) is 0 Å². The van der Waals surface area contributed by atoms with E-state index in [1.807, 2.05) is 17.0 Å². The fourth-order valence-corrected chi connectivity index (χ4v) is 4.21. The zero-order valence-electron chi connectivity index (χ0n) is 14.7. The molecule has 0 saturated carbocycles. The summed E-state index contributed by atoms with van der Waals surface area (Å²) in [5.74, 6) is 2.83. The summed E-state index contributed by atoms with van der Waals surface area (Å²) in [7, 11) is 3.19. The molecule has 26 heavy (non-hydrogen) atoms. The van der Waals surface area contributed by atoms with Crippen LogP contribution in [0.2, 0.25) is 0 Å². The van der Waals surface area contributed by atoms with E-state index in [2.05, 4.69) is 6.07 Å². The maximum Gasteiger partial charge on any atom is 0.254 e. The van der Waals surface area contributed by atoms with Crippen LogP contribution >= 0.6 is 0 Å². The highest BCUT2D eigenvalue weighted by molar-refractivity contribution is 5.98. The molecule has 6 heteroatoms. The highest BCUT2D eigenvalue weighted by Gasteiger charge is 2.38. The molecule has 1 atom stereocenters. The Labute approximate surface area is 151 Å². The number of methoxy groups -OCH3 is 2. The van der Waals surface area contributed by atoms with Gasteiger partial charge in [-0.3, -0.25) is 4.79 Å². The van der Waals surface area contributed by atoms with Gasteiger partial charge in [0.1, 0.15) is 0 Å². The molecule has 0 spiro atoms. The first-order valence-corrected chi connectivity index (χ1v) is 8.68. The Bertz CT molecular complexity index is 923. The SMILES string of the molecule is COc1cc2c(cc1OC)C(=O)N1CCc3cc4c(cc3[C@@H]1C2)OCO4. The van der Waals surface area contributed by atoms with E-state index in [9.17, 15) is 4.79 Å². The van der Waals surface area contributed by atoms with E-state index in [0.717, 1.165) is 35.5 Å². The topological polar surface area (TPSA) is 57.2 Å². The quantitative estimate of drug-likeness (QED) is 0.831. The van der Waals surface area contributed by atoms with Crippen LogP contribution in [-0.2, 0) is 12.8 Å². The molecule has 0 radical (unpaired) electrons. The van der Waals surface area contributed by atoms with E-state index in [1.54, 1.807) is 20.3 Å². The minimum Gasteiger partial charge on any atom is -0.493 e. The van der Waals surface area contributed by atoms with E-state index in [4.69, 9.17) is 18.9 Å². The molecule has 0 aromatic heterocycles. The third-order valence-corrected chi connectivity index (χ3v) is 5.51. The number of fused-ring (bicyclic) bond motifs is 5. The van der Waals surface area contributed by atoms with Gasteiger partial charge in [0.25, 0.3) is 5.91 Å². The molecule has 0 saturated heterocycles. The van der Waals surface area contributed by atoms with Gasteiger partial charge in [0.2, 0.25) is 6.79 Å². The van der Waals surface area contributed by atoms with Crippen LogP contribution in [-0.4, -0.2) is 38.4 Å². The third kappa shape index (κ3) is 2.08. The highest BCUT2D eigenvalue weighted by atomic mass is 16.7. The molecule has 0 fully saturated rings. The van der Waals surface area contributed by atoms with E-state index < -0.39 is 0 Å². The zero-order chi connectivity index (χ0) is 17.8. The second kappa shape index (κ2) is 5.56. The normalized spacial score (nSPS) is 19.5. The molecule has 0 unspecified atom stereocenters. The number of carbonyl (C=O) groups is 1. The Kier molecular flexibility index (Phi) is 3.29. The molecular formula is C20H19NO5. The summed E-state index contributed by atoms with van der Waals surface area (Å²) >= 11 is 0. The molecule has 3 heterocycles. The average Bonchev–Trinajstić information content (AvgIpc) is 3.13. The Balaban J connectivity index is 1.61. The molecule has 2 aromatic rings. The van der Waals surface area contributed by atoms with Crippen molar-refractivity contribution in [3.63, 3.8) is 0 Å². The summed E-state index contributed by atoms with van der Waals surface area (Å²) in [6.45, 7) is 0.954. The number of hydrogen-bond donors (Lipinski definition) is 0. The molecule has 3 aliphatic heterocycles. The molecule has 2 aromatic carbocycles. The second-order valence-corrected chi connectivity index (χ2v) is 6.74. The van der Waals surface area contributed by atoms with Gasteiger partial charge in [-0.15, -0.1) is 0 Å². The number of rotatable bonds is 2. The first-order valence-electron chi connectivity index (χ1n) is 8.68. The molecule has 3 aliphatic rings. The summed E-state index contributed by atoms with van der Waals surface area (Å²) < 4.78 is 21.8. The van der Waals surface area contributed by atoms with Crippen molar-refractivity contribution in [3.05, 3.63) is 46.5 Å². The van der Waals surface area contributed by atoms with Gasteiger partial charge in [-0.1, -0.05) is 0 Å². The van der Waals surface area contributed by atoms with Gasteiger partial charge >= 0.3 is 0 Å². The number of hydrogen-bond acceptors (Lipinski definition) is 5. The summed E-state index contributed by atoms with van der Waals surface area (Å²) in [5, 5.41) is 0. The van der Waals surface area contributed by atoms with Crippen molar-refractivity contribution in [2.45, 2.75) is 18.9 Å². The van der Waals surface area contributed by atoms with Crippen molar-refractivity contribution in [1.82, 2.24) is 4.90 Å². The van der Waals surface area contributed by atoms with Gasteiger partial charge in [0.05, 0.1) is 20.3 Å². The number of ether oxygens (including phenoxy) is 4. The van der Waals surface area contributed by atoms with Gasteiger partial charge in [0.15, 0.2) is 23.0 Å². The summed E-state index contributed by atoms with van der Waals surface area (Å²) in [6.07, 6.45) is 1.56. The number of carbonyl (C=O) groups excluding carboxylic acids is 1. The molecule has 6 nitrogen and oxygen atoms in total. The Morgan fingerprint density at radius 1 is 1.00 bits per heavy atom. The Morgan fingerprint density at radius 2 is 1.73 bits per heavy atom. The van der Waals surface area contributed by atoms with Crippen LogP contribution in [0.1, 0.15) is 33.1 Å². The summed E-state index contributed by atoms with van der Waals surface area (Å²) in [6, 6.07) is 7.82. The lowest BCUT2D eigenvalue weighted by atomic mass is 9.83. The van der Waals surface area contributed by atoms with Crippen LogP contribution in [0, 0.1) is 0 Å². The van der Waals surface area contributed by atoms with Gasteiger partial charge in [-0.05, 0) is 53.8 Å². The van der Waals surface area contributed by atoms with E-state index in [1.165, 1.54) is 5.56 Å². The largest absolute Gasteiger partial charge is 0.493 e. The van der Waals surface area contributed by atoms with Crippen molar-refractivity contribution in [1.29, 1.82) is 0 Å². The molecule has 0 aliphatic carbocycles. The lowest BCUT2D eigenvalue weighted by molar-refractivity contribution is 0.0631. The molecule has 1 amide bonds. The van der Waals surface area contributed by atoms with Gasteiger partial charge < -0.3 is 23.8 Å². The summed E-state index contributed by atoms with van der Waals surface area (Å²) in [5.41, 5.74) is 4.06. The molecule has 5 rings (SSSR count). The van der Waals surface area contributed by atoms with Crippen molar-refractivity contribution in [3.8, 4) is 23.0 Å². The number of amides is 1. The number of benzene rings is 2. The Morgan fingerprint density at radius 3 is 2.50 bits per heavy atom. The molecule has 134 valence electrons. The second-order valence-electron chi connectivity index (χ2n) is 6.74. The first-order chi connectivity index (χ1) is 12.7. The maximum absolute atomic E-state index is 13.1. The molecule has 0 N–H and O–H groups in total. The third-order valence-electron chi connectivity index (χ3n) is 5.51. The van der Waals surface area contributed by atoms with E-state index in [0.29, 0.717) is 23.6 Å². The van der Waals surface area contributed by atoms with Crippen LogP contribution in [0.5, 0.6) is 23.0 Å². The first kappa shape index (κ1) is 15.4. The van der Waals surface area contributed by atoms with Crippen molar-refractivity contribution >= 4 is 5.91 Å². The van der Waals surface area contributed by atoms with Crippen LogP contribution in [0.25, 0.3) is 0 Å². The average molecular weight is 353 g/mol. The lowest BCUT2D eigenvalue weighted by Gasteiger charge is -2.41. The zero-order valence-corrected chi connectivity index (χ0v) is 14.7. The Hall–Kier alpha value is -2.89. The molecule has 0 bridgehead atoms. The predicted molar refractivity (Wildman–Crippen MR) is 93.3 cm³/mol. The fourth-order valence-electron chi connectivity index (χ4n) is 4.21. The fraction of sp³-hybridized carbons (Fsp3) is 0.350. The summed E-state index contributed by atoms with van der Waals surface area (Å²) in [4.78, 5) is 15.1. The van der Waals surface area contributed by atoms with Crippen LogP contribution < -0.4 is 18.9 Å². The highest BCUT2D eigenvalue weighted by Crippen LogP contribution is 2.45. The lowest BCUT2D eigenvalue weighted by Crippen LogP contribution is -2.44. The van der Waals surface area contributed by atoms with Crippen molar-refractivity contribution in [2.75, 3.05) is 27.6 Å². The van der Waals surface area contributed by atoms with E-state index >= 15 is 0 Å². The van der Waals surface area contributed by atoms with Gasteiger partial charge in [-0.25, -0.2) is 0 Å².